The van der Waals surface area contributed by atoms with E-state index < -0.39 is 5.60 Å². The lowest BCUT2D eigenvalue weighted by Crippen LogP contribution is -2.43. The highest BCUT2D eigenvalue weighted by molar-refractivity contribution is 9.10. The number of halogens is 1. The van der Waals surface area contributed by atoms with E-state index in [2.05, 4.69) is 20.9 Å². The second-order valence-corrected chi connectivity index (χ2v) is 7.75. The standard InChI is InChI=1S/C17H25BrN2O3/c1-17(2,3)23-16(21)20-8-4-5-14(10-20)12-22-11-13-6-7-19-15(18)9-13/h6-7,9,14H,4-5,8,10-12H2,1-3H3/t14-/m1/s1. The summed E-state index contributed by atoms with van der Waals surface area (Å²) >= 11 is 3.35. The Balaban J connectivity index is 1.76. The molecule has 1 atom stereocenters. The van der Waals surface area contributed by atoms with E-state index >= 15 is 0 Å². The van der Waals surface area contributed by atoms with Gasteiger partial charge in [-0.3, -0.25) is 0 Å². The number of pyridine rings is 1. The Bertz CT molecular complexity index is 531. The second kappa shape index (κ2) is 8.11. The third kappa shape index (κ3) is 6.47. The molecule has 1 amide bonds. The van der Waals surface area contributed by atoms with E-state index in [-0.39, 0.29) is 6.09 Å². The Kier molecular flexibility index (Phi) is 6.41. The first kappa shape index (κ1) is 18.2. The quantitative estimate of drug-likeness (QED) is 0.735. The number of rotatable bonds is 4. The maximum Gasteiger partial charge on any atom is 0.410 e. The van der Waals surface area contributed by atoms with Crippen molar-refractivity contribution < 1.29 is 14.3 Å². The van der Waals surface area contributed by atoms with Gasteiger partial charge in [0.25, 0.3) is 0 Å². The first-order chi connectivity index (χ1) is 10.8. The van der Waals surface area contributed by atoms with Crippen LogP contribution in [0.25, 0.3) is 0 Å². The Morgan fingerprint density at radius 1 is 1.48 bits per heavy atom. The lowest BCUT2D eigenvalue weighted by Gasteiger charge is -2.34. The van der Waals surface area contributed by atoms with E-state index in [4.69, 9.17) is 9.47 Å². The Morgan fingerprint density at radius 3 is 2.96 bits per heavy atom. The number of likely N-dealkylation sites (tertiary alicyclic amines) is 1. The molecule has 0 saturated carbocycles. The number of hydrogen-bond donors (Lipinski definition) is 0. The minimum Gasteiger partial charge on any atom is -0.444 e. The van der Waals surface area contributed by atoms with Crippen molar-refractivity contribution in [3.63, 3.8) is 0 Å². The molecule has 2 rings (SSSR count). The molecule has 0 radical (unpaired) electrons. The average molecular weight is 385 g/mol. The molecule has 1 fully saturated rings. The first-order valence-electron chi connectivity index (χ1n) is 7.99. The molecule has 0 bridgehead atoms. The van der Waals surface area contributed by atoms with Crippen LogP contribution in [0.4, 0.5) is 4.79 Å². The number of piperidine rings is 1. The molecule has 0 aromatic carbocycles. The molecular weight excluding hydrogens is 360 g/mol. The summed E-state index contributed by atoms with van der Waals surface area (Å²) in [7, 11) is 0. The lowest BCUT2D eigenvalue weighted by atomic mass is 9.99. The van der Waals surface area contributed by atoms with Gasteiger partial charge in [0, 0.05) is 25.2 Å². The predicted octanol–water partition coefficient (Wildman–Crippen LogP) is 4.01. The van der Waals surface area contributed by atoms with Crippen LogP contribution in [0.5, 0.6) is 0 Å². The fourth-order valence-electron chi connectivity index (χ4n) is 2.57. The van der Waals surface area contributed by atoms with Crippen molar-refractivity contribution in [3.05, 3.63) is 28.5 Å². The lowest BCUT2D eigenvalue weighted by molar-refractivity contribution is 0.00592. The Morgan fingerprint density at radius 2 is 2.26 bits per heavy atom. The molecule has 1 saturated heterocycles. The van der Waals surface area contributed by atoms with Crippen LogP contribution in [-0.4, -0.2) is 41.3 Å². The monoisotopic (exact) mass is 384 g/mol. The number of nitrogens with zero attached hydrogens (tertiary/aromatic N) is 2. The Hall–Kier alpha value is -1.14. The maximum atomic E-state index is 12.1. The summed E-state index contributed by atoms with van der Waals surface area (Å²) in [6.45, 7) is 8.35. The predicted molar refractivity (Wildman–Crippen MR) is 92.1 cm³/mol. The van der Waals surface area contributed by atoms with Gasteiger partial charge in [0.2, 0.25) is 0 Å². The highest BCUT2D eigenvalue weighted by atomic mass is 79.9. The minimum atomic E-state index is -0.449. The summed E-state index contributed by atoms with van der Waals surface area (Å²) in [6, 6.07) is 3.90. The van der Waals surface area contributed by atoms with Gasteiger partial charge in [-0.05, 0) is 67.2 Å². The van der Waals surface area contributed by atoms with Crippen molar-refractivity contribution in [1.82, 2.24) is 9.88 Å². The van der Waals surface area contributed by atoms with Crippen LogP contribution in [-0.2, 0) is 16.1 Å². The molecule has 2 heterocycles. The molecule has 5 nitrogen and oxygen atoms in total. The van der Waals surface area contributed by atoms with E-state index in [0.29, 0.717) is 25.7 Å². The van der Waals surface area contributed by atoms with E-state index in [1.54, 1.807) is 11.1 Å². The van der Waals surface area contributed by atoms with Crippen LogP contribution in [0.3, 0.4) is 0 Å². The molecule has 0 aliphatic carbocycles. The summed E-state index contributed by atoms with van der Waals surface area (Å²) in [5.41, 5.74) is 0.640. The molecule has 1 aliphatic heterocycles. The van der Waals surface area contributed by atoms with Crippen molar-refractivity contribution in [1.29, 1.82) is 0 Å². The van der Waals surface area contributed by atoms with Crippen LogP contribution >= 0.6 is 15.9 Å². The molecular formula is C17H25BrN2O3. The van der Waals surface area contributed by atoms with Gasteiger partial charge < -0.3 is 14.4 Å². The fourth-order valence-corrected chi connectivity index (χ4v) is 2.98. The van der Waals surface area contributed by atoms with Crippen molar-refractivity contribution in [3.8, 4) is 0 Å². The molecule has 0 spiro atoms. The van der Waals surface area contributed by atoms with Gasteiger partial charge in [0.15, 0.2) is 0 Å². The highest BCUT2D eigenvalue weighted by Crippen LogP contribution is 2.20. The second-order valence-electron chi connectivity index (χ2n) is 6.94. The zero-order valence-electron chi connectivity index (χ0n) is 14.0. The Labute approximate surface area is 146 Å². The fraction of sp³-hybridized carbons (Fsp3) is 0.647. The molecule has 1 aromatic rings. The topological polar surface area (TPSA) is 51.7 Å². The van der Waals surface area contributed by atoms with Gasteiger partial charge >= 0.3 is 6.09 Å². The third-order valence-electron chi connectivity index (χ3n) is 3.58. The van der Waals surface area contributed by atoms with Crippen LogP contribution < -0.4 is 0 Å². The average Bonchev–Trinajstić information content (AvgIpc) is 2.46. The van der Waals surface area contributed by atoms with Crippen LogP contribution in [0, 0.1) is 5.92 Å². The number of carbonyl (C=O) groups is 1. The van der Waals surface area contributed by atoms with Gasteiger partial charge in [0.05, 0.1) is 13.2 Å². The van der Waals surface area contributed by atoms with Gasteiger partial charge in [-0.25, -0.2) is 9.78 Å². The highest BCUT2D eigenvalue weighted by Gasteiger charge is 2.27. The number of amides is 1. The van der Waals surface area contributed by atoms with E-state index in [0.717, 1.165) is 29.6 Å². The molecule has 1 aromatic heterocycles. The smallest absolute Gasteiger partial charge is 0.410 e. The van der Waals surface area contributed by atoms with E-state index in [1.165, 1.54) is 0 Å². The van der Waals surface area contributed by atoms with Crippen LogP contribution in [0.1, 0.15) is 39.2 Å². The number of ether oxygens (including phenoxy) is 2. The van der Waals surface area contributed by atoms with Gasteiger partial charge in [0.1, 0.15) is 10.2 Å². The number of aromatic nitrogens is 1. The molecule has 0 unspecified atom stereocenters. The van der Waals surface area contributed by atoms with Crippen LogP contribution in [0.15, 0.2) is 22.9 Å². The summed E-state index contributed by atoms with van der Waals surface area (Å²) in [4.78, 5) is 18.0. The minimum absolute atomic E-state index is 0.222. The SMILES string of the molecule is CC(C)(C)OC(=O)N1CCC[C@@H](COCc2ccnc(Br)c2)C1. The molecule has 0 N–H and O–H groups in total. The summed E-state index contributed by atoms with van der Waals surface area (Å²) in [5, 5.41) is 0. The third-order valence-corrected chi connectivity index (χ3v) is 4.02. The summed E-state index contributed by atoms with van der Waals surface area (Å²) < 4.78 is 12.1. The van der Waals surface area contributed by atoms with Crippen molar-refractivity contribution in [2.75, 3.05) is 19.7 Å². The summed E-state index contributed by atoms with van der Waals surface area (Å²) in [6.07, 6.45) is 3.61. The molecule has 23 heavy (non-hydrogen) atoms. The number of carbonyl (C=O) groups excluding carboxylic acids is 1. The van der Waals surface area contributed by atoms with E-state index in [9.17, 15) is 4.79 Å². The zero-order chi connectivity index (χ0) is 16.9. The normalized spacial score (nSPS) is 18.8. The van der Waals surface area contributed by atoms with E-state index in [1.807, 2.05) is 32.9 Å². The van der Waals surface area contributed by atoms with Gasteiger partial charge in [-0.1, -0.05) is 0 Å². The van der Waals surface area contributed by atoms with Gasteiger partial charge in [-0.2, -0.15) is 0 Å². The molecule has 1 aliphatic rings. The summed E-state index contributed by atoms with van der Waals surface area (Å²) in [5.74, 6) is 0.363. The molecule has 128 valence electrons. The van der Waals surface area contributed by atoms with Crippen molar-refractivity contribution >= 4 is 22.0 Å². The largest absolute Gasteiger partial charge is 0.444 e. The van der Waals surface area contributed by atoms with Gasteiger partial charge in [-0.15, -0.1) is 0 Å². The van der Waals surface area contributed by atoms with Crippen LogP contribution in [0.2, 0.25) is 0 Å². The number of hydrogen-bond acceptors (Lipinski definition) is 4. The zero-order valence-corrected chi connectivity index (χ0v) is 15.6. The maximum absolute atomic E-state index is 12.1. The first-order valence-corrected chi connectivity index (χ1v) is 8.79. The van der Waals surface area contributed by atoms with Crippen molar-refractivity contribution in [2.24, 2.45) is 5.92 Å². The van der Waals surface area contributed by atoms with Crippen molar-refractivity contribution in [2.45, 2.75) is 45.8 Å². The molecule has 6 heteroatoms.